The average Bonchev–Trinajstić information content (AvgIpc) is 2.93. The van der Waals surface area contributed by atoms with Crippen LogP contribution in [0.2, 0.25) is 0 Å². The molecule has 1 aromatic heterocycles. The Morgan fingerprint density at radius 2 is 1.95 bits per heavy atom. The summed E-state index contributed by atoms with van der Waals surface area (Å²) in [5, 5.41) is 5.82. The Hall–Kier alpha value is -1.16. The average molecular weight is 289 g/mol. The van der Waals surface area contributed by atoms with E-state index in [2.05, 4.69) is 60.9 Å². The van der Waals surface area contributed by atoms with Gasteiger partial charge in [0.25, 0.3) is 0 Å². The predicted octanol–water partition coefficient (Wildman–Crippen LogP) is 4.38. The number of methoxy groups -OCH3 is 1. The second-order valence-electron chi connectivity index (χ2n) is 5.37. The molecule has 0 amide bonds. The minimum absolute atomic E-state index is 0.418. The first kappa shape index (κ1) is 15.2. The van der Waals surface area contributed by atoms with Gasteiger partial charge in [0.05, 0.1) is 6.61 Å². The van der Waals surface area contributed by atoms with Crippen LogP contribution in [-0.2, 0) is 17.9 Å². The highest BCUT2D eigenvalue weighted by Gasteiger charge is 2.15. The molecule has 0 aliphatic heterocycles. The van der Waals surface area contributed by atoms with Gasteiger partial charge in [0.15, 0.2) is 0 Å². The van der Waals surface area contributed by atoms with Crippen LogP contribution in [0.15, 0.2) is 41.8 Å². The molecule has 1 N–H and O–H groups in total. The number of nitrogens with one attached hydrogen (secondary N) is 1. The molecule has 0 spiro atoms. The van der Waals surface area contributed by atoms with Crippen molar-refractivity contribution in [1.29, 1.82) is 0 Å². The minimum Gasteiger partial charge on any atom is -0.380 e. The van der Waals surface area contributed by atoms with Crippen molar-refractivity contribution < 1.29 is 4.74 Å². The number of rotatable bonds is 7. The highest BCUT2D eigenvalue weighted by Crippen LogP contribution is 2.26. The van der Waals surface area contributed by atoms with Crippen molar-refractivity contribution in [1.82, 2.24) is 5.32 Å². The van der Waals surface area contributed by atoms with Gasteiger partial charge >= 0.3 is 0 Å². The van der Waals surface area contributed by atoms with E-state index in [1.54, 1.807) is 7.11 Å². The Bertz CT molecular complexity index is 507. The number of hydrogen-bond donors (Lipinski definition) is 1. The summed E-state index contributed by atoms with van der Waals surface area (Å²) >= 11 is 1.82. The Labute approximate surface area is 125 Å². The van der Waals surface area contributed by atoms with E-state index in [0.29, 0.717) is 18.6 Å². The zero-order valence-electron chi connectivity index (χ0n) is 12.4. The largest absolute Gasteiger partial charge is 0.380 e. The molecule has 1 atom stereocenters. The zero-order valence-corrected chi connectivity index (χ0v) is 13.2. The molecule has 20 heavy (non-hydrogen) atoms. The van der Waals surface area contributed by atoms with E-state index in [9.17, 15) is 0 Å². The van der Waals surface area contributed by atoms with E-state index in [1.807, 2.05) is 11.3 Å². The third-order valence-electron chi connectivity index (χ3n) is 3.34. The predicted molar refractivity (Wildman–Crippen MR) is 85.9 cm³/mol. The fourth-order valence-electron chi connectivity index (χ4n) is 2.36. The summed E-state index contributed by atoms with van der Waals surface area (Å²) in [7, 11) is 1.73. The quantitative estimate of drug-likeness (QED) is 0.816. The summed E-state index contributed by atoms with van der Waals surface area (Å²) in [6, 6.07) is 13.3. The third kappa shape index (κ3) is 4.17. The summed E-state index contributed by atoms with van der Waals surface area (Å²) in [5.41, 5.74) is 2.53. The van der Waals surface area contributed by atoms with Gasteiger partial charge in [-0.1, -0.05) is 44.2 Å². The fourth-order valence-corrected chi connectivity index (χ4v) is 3.33. The van der Waals surface area contributed by atoms with Crippen LogP contribution in [0.25, 0.3) is 0 Å². The lowest BCUT2D eigenvalue weighted by molar-refractivity contribution is 0.185. The second-order valence-corrected chi connectivity index (χ2v) is 6.35. The summed E-state index contributed by atoms with van der Waals surface area (Å²) in [6.07, 6.45) is 0. The van der Waals surface area contributed by atoms with Gasteiger partial charge in [0, 0.05) is 24.6 Å². The molecule has 0 fully saturated rings. The zero-order chi connectivity index (χ0) is 14.4. The lowest BCUT2D eigenvalue weighted by atomic mass is 10.0. The molecular weight excluding hydrogens is 266 g/mol. The first-order valence-corrected chi connectivity index (χ1v) is 7.92. The van der Waals surface area contributed by atoms with Crippen molar-refractivity contribution in [3.05, 3.63) is 57.8 Å². The number of hydrogen-bond acceptors (Lipinski definition) is 3. The van der Waals surface area contributed by atoms with Crippen LogP contribution in [0, 0.1) is 5.92 Å². The van der Waals surface area contributed by atoms with Crippen LogP contribution in [0.1, 0.15) is 35.9 Å². The van der Waals surface area contributed by atoms with E-state index in [0.717, 1.165) is 6.54 Å². The Morgan fingerprint density at radius 3 is 2.60 bits per heavy atom. The first-order valence-electron chi connectivity index (χ1n) is 7.04. The van der Waals surface area contributed by atoms with Gasteiger partial charge in [-0.25, -0.2) is 0 Å². The van der Waals surface area contributed by atoms with E-state index in [4.69, 9.17) is 4.74 Å². The third-order valence-corrected chi connectivity index (χ3v) is 4.30. The molecule has 0 aliphatic carbocycles. The van der Waals surface area contributed by atoms with Crippen LogP contribution in [0.5, 0.6) is 0 Å². The number of benzene rings is 1. The lowest BCUT2D eigenvalue weighted by Crippen LogP contribution is -2.24. The van der Waals surface area contributed by atoms with Crippen molar-refractivity contribution in [2.75, 3.05) is 7.11 Å². The van der Waals surface area contributed by atoms with Crippen molar-refractivity contribution in [3.63, 3.8) is 0 Å². The first-order chi connectivity index (χ1) is 9.70. The molecule has 1 aromatic carbocycles. The van der Waals surface area contributed by atoms with Crippen molar-refractivity contribution in [3.8, 4) is 0 Å². The minimum atomic E-state index is 0.418. The monoisotopic (exact) mass is 289 g/mol. The van der Waals surface area contributed by atoms with Crippen LogP contribution in [0.3, 0.4) is 0 Å². The molecule has 2 nitrogen and oxygen atoms in total. The molecule has 3 heteroatoms. The van der Waals surface area contributed by atoms with E-state index >= 15 is 0 Å². The summed E-state index contributed by atoms with van der Waals surface area (Å²) < 4.78 is 5.19. The summed E-state index contributed by atoms with van der Waals surface area (Å²) in [4.78, 5) is 1.41. The molecule has 0 saturated carbocycles. The molecule has 108 valence electrons. The van der Waals surface area contributed by atoms with Crippen LogP contribution in [0.4, 0.5) is 0 Å². The molecule has 0 radical (unpaired) electrons. The van der Waals surface area contributed by atoms with Crippen LogP contribution in [-0.4, -0.2) is 7.11 Å². The molecule has 0 saturated heterocycles. The van der Waals surface area contributed by atoms with E-state index in [-0.39, 0.29) is 0 Å². The Balaban J connectivity index is 2.01. The maximum absolute atomic E-state index is 5.19. The molecule has 2 aromatic rings. The van der Waals surface area contributed by atoms with Gasteiger partial charge in [-0.05, 0) is 28.5 Å². The molecule has 0 aliphatic rings. The maximum Gasteiger partial charge on any atom is 0.0713 e. The second kappa shape index (κ2) is 7.58. The van der Waals surface area contributed by atoms with Crippen LogP contribution < -0.4 is 5.32 Å². The Morgan fingerprint density at radius 1 is 1.15 bits per heavy atom. The van der Waals surface area contributed by atoms with Gasteiger partial charge in [0.2, 0.25) is 0 Å². The molecule has 2 rings (SSSR count). The molecule has 1 unspecified atom stereocenters. The maximum atomic E-state index is 5.19. The highest BCUT2D eigenvalue weighted by molar-refractivity contribution is 7.10. The molecule has 1 heterocycles. The summed E-state index contributed by atoms with van der Waals surface area (Å²) in [6.45, 7) is 6.09. The van der Waals surface area contributed by atoms with Crippen molar-refractivity contribution in [2.45, 2.75) is 33.0 Å². The Kier molecular flexibility index (Phi) is 5.77. The lowest BCUT2D eigenvalue weighted by Gasteiger charge is -2.21. The number of thiophene rings is 1. The van der Waals surface area contributed by atoms with Crippen molar-refractivity contribution >= 4 is 11.3 Å². The summed E-state index contributed by atoms with van der Waals surface area (Å²) in [5.74, 6) is 0.579. The number of ether oxygens (including phenoxy) is 1. The van der Waals surface area contributed by atoms with E-state index < -0.39 is 0 Å². The molecular formula is C17H23NOS. The topological polar surface area (TPSA) is 21.3 Å². The normalized spacial score (nSPS) is 12.8. The van der Waals surface area contributed by atoms with Gasteiger partial charge in [-0.2, -0.15) is 0 Å². The van der Waals surface area contributed by atoms with Gasteiger partial charge < -0.3 is 10.1 Å². The fraction of sp³-hybridized carbons (Fsp3) is 0.412. The van der Waals surface area contributed by atoms with E-state index in [1.165, 1.54) is 16.0 Å². The van der Waals surface area contributed by atoms with Gasteiger partial charge in [0.1, 0.15) is 0 Å². The smallest absolute Gasteiger partial charge is 0.0713 e. The highest BCUT2D eigenvalue weighted by atomic mass is 32.1. The van der Waals surface area contributed by atoms with Crippen LogP contribution >= 0.6 is 11.3 Å². The standard InChI is InChI=1S/C17H23NOS/c1-13(2)17(16-8-5-9-20-16)18-11-14-6-4-7-15(10-14)12-19-3/h4-10,13,17-18H,11-12H2,1-3H3. The molecule has 0 bridgehead atoms. The van der Waals surface area contributed by atoms with Gasteiger partial charge in [-0.3, -0.25) is 0 Å². The SMILES string of the molecule is COCc1cccc(CNC(c2cccs2)C(C)C)c1. The van der Waals surface area contributed by atoms with Crippen molar-refractivity contribution in [2.24, 2.45) is 5.92 Å². The van der Waals surface area contributed by atoms with Gasteiger partial charge in [-0.15, -0.1) is 11.3 Å².